The van der Waals surface area contributed by atoms with E-state index in [1.54, 1.807) is 0 Å². The second-order valence-electron chi connectivity index (χ2n) is 4.38. The van der Waals surface area contributed by atoms with Crippen molar-refractivity contribution in [2.45, 2.75) is 33.2 Å². The summed E-state index contributed by atoms with van der Waals surface area (Å²) in [5.74, 6) is 0.813. The minimum Gasteiger partial charge on any atom is -0.354 e. The number of aromatic nitrogens is 3. The van der Waals surface area contributed by atoms with Gasteiger partial charge in [0.05, 0.1) is 0 Å². The predicted molar refractivity (Wildman–Crippen MR) is 66.2 cm³/mol. The molecule has 0 saturated carbocycles. The Morgan fingerprint density at radius 1 is 1.24 bits per heavy atom. The van der Waals surface area contributed by atoms with Crippen molar-refractivity contribution in [3.8, 4) is 0 Å². The van der Waals surface area contributed by atoms with E-state index in [1.165, 1.54) is 0 Å². The molecule has 1 rings (SSSR count). The number of anilines is 2. The summed E-state index contributed by atoms with van der Waals surface area (Å²) in [7, 11) is 0. The fraction of sp³-hybridized carbons (Fsp3) is 0.667. The Labute approximate surface area is 99.5 Å². The molecule has 0 saturated heterocycles. The molecule has 0 aliphatic rings. The monoisotopic (exact) mass is 236 g/mol. The number of nitrogens with one attached hydrogen (secondary N) is 2. The molecule has 0 radical (unpaired) electrons. The van der Waals surface area contributed by atoms with Crippen LogP contribution in [0.5, 0.6) is 0 Å². The SMILES string of the molecule is CCNc1nc(N=[N+]=[N-])nc(NC(C)(C)C)n1. The van der Waals surface area contributed by atoms with Crippen LogP contribution in [0.3, 0.4) is 0 Å². The van der Waals surface area contributed by atoms with Crippen LogP contribution in [-0.4, -0.2) is 27.0 Å². The second-order valence-corrected chi connectivity index (χ2v) is 4.38. The van der Waals surface area contributed by atoms with Gasteiger partial charge >= 0.3 is 0 Å². The molecule has 0 unspecified atom stereocenters. The summed E-state index contributed by atoms with van der Waals surface area (Å²) >= 11 is 0. The summed E-state index contributed by atoms with van der Waals surface area (Å²) in [6, 6.07) is 0. The maximum absolute atomic E-state index is 8.38. The highest BCUT2D eigenvalue weighted by Gasteiger charge is 2.13. The van der Waals surface area contributed by atoms with Crippen LogP contribution >= 0.6 is 0 Å². The standard InChI is InChI=1S/C9H16N8/c1-5-11-6-12-7(15-9(2,3)4)14-8(13-6)16-17-10/h5H2,1-4H3,(H2,11,12,13,14,15). The van der Waals surface area contributed by atoms with E-state index >= 15 is 0 Å². The molecule has 8 heteroatoms. The number of azide groups is 1. The number of rotatable bonds is 4. The van der Waals surface area contributed by atoms with Gasteiger partial charge in [-0.3, -0.25) is 0 Å². The number of hydrogen-bond acceptors (Lipinski definition) is 6. The Bertz CT molecular complexity index is 429. The highest BCUT2D eigenvalue weighted by atomic mass is 15.3. The van der Waals surface area contributed by atoms with E-state index in [0.717, 1.165) is 0 Å². The molecule has 8 nitrogen and oxygen atoms in total. The smallest absolute Gasteiger partial charge is 0.228 e. The molecule has 0 aliphatic carbocycles. The van der Waals surface area contributed by atoms with Crippen molar-refractivity contribution in [1.82, 2.24) is 15.0 Å². The third kappa shape index (κ3) is 4.52. The fourth-order valence-electron chi connectivity index (χ4n) is 1.08. The summed E-state index contributed by atoms with van der Waals surface area (Å²) in [6.45, 7) is 8.55. The van der Waals surface area contributed by atoms with Crippen LogP contribution in [-0.2, 0) is 0 Å². The molecule has 0 aliphatic heterocycles. The van der Waals surface area contributed by atoms with E-state index in [4.69, 9.17) is 5.53 Å². The van der Waals surface area contributed by atoms with E-state index in [0.29, 0.717) is 18.4 Å². The van der Waals surface area contributed by atoms with E-state index < -0.39 is 0 Å². The molecule has 2 N–H and O–H groups in total. The molecular formula is C9H16N8. The predicted octanol–water partition coefficient (Wildman–Crippen LogP) is 2.46. The van der Waals surface area contributed by atoms with Crippen molar-refractivity contribution in [1.29, 1.82) is 0 Å². The minimum atomic E-state index is -0.182. The first-order valence-corrected chi connectivity index (χ1v) is 5.28. The highest BCUT2D eigenvalue weighted by molar-refractivity contribution is 5.40. The Morgan fingerprint density at radius 3 is 2.41 bits per heavy atom. The van der Waals surface area contributed by atoms with Crippen LogP contribution in [0.4, 0.5) is 17.8 Å². The Morgan fingerprint density at radius 2 is 1.88 bits per heavy atom. The van der Waals surface area contributed by atoms with Gasteiger partial charge in [0.15, 0.2) is 0 Å². The van der Waals surface area contributed by atoms with Gasteiger partial charge < -0.3 is 10.6 Å². The van der Waals surface area contributed by atoms with E-state index in [2.05, 4.69) is 35.6 Å². The van der Waals surface area contributed by atoms with Gasteiger partial charge in [0, 0.05) is 17.0 Å². The third-order valence-electron chi connectivity index (χ3n) is 1.58. The zero-order valence-electron chi connectivity index (χ0n) is 10.4. The van der Waals surface area contributed by atoms with Gasteiger partial charge in [0.1, 0.15) is 0 Å². The Kier molecular flexibility index (Phi) is 4.06. The quantitative estimate of drug-likeness (QED) is 0.473. The first kappa shape index (κ1) is 13.0. The van der Waals surface area contributed by atoms with Crippen molar-refractivity contribution < 1.29 is 0 Å². The van der Waals surface area contributed by atoms with Crippen LogP contribution in [0.2, 0.25) is 0 Å². The zero-order valence-corrected chi connectivity index (χ0v) is 10.4. The first-order valence-electron chi connectivity index (χ1n) is 5.28. The summed E-state index contributed by atoms with van der Waals surface area (Å²) in [6.07, 6.45) is 0. The van der Waals surface area contributed by atoms with E-state index in [-0.39, 0.29) is 11.5 Å². The third-order valence-corrected chi connectivity index (χ3v) is 1.58. The topological polar surface area (TPSA) is 111 Å². The summed E-state index contributed by atoms with van der Waals surface area (Å²) < 4.78 is 0. The lowest BCUT2D eigenvalue weighted by Gasteiger charge is -2.20. The minimum absolute atomic E-state index is 0.0465. The molecule has 0 atom stereocenters. The van der Waals surface area contributed by atoms with Crippen LogP contribution in [0, 0.1) is 0 Å². The highest BCUT2D eigenvalue weighted by Crippen LogP contribution is 2.15. The summed E-state index contributed by atoms with van der Waals surface area (Å²) in [5.41, 5.74) is 8.20. The molecule has 0 aromatic carbocycles. The fourth-order valence-corrected chi connectivity index (χ4v) is 1.08. The maximum Gasteiger partial charge on any atom is 0.228 e. The molecule has 1 aromatic rings. The second kappa shape index (κ2) is 5.31. The van der Waals surface area contributed by atoms with Crippen molar-refractivity contribution >= 4 is 17.8 Å². The molecular weight excluding hydrogens is 220 g/mol. The van der Waals surface area contributed by atoms with Crippen molar-refractivity contribution in [2.75, 3.05) is 17.2 Å². The van der Waals surface area contributed by atoms with Gasteiger partial charge in [-0.2, -0.15) is 15.0 Å². The molecule has 0 spiro atoms. The molecule has 17 heavy (non-hydrogen) atoms. The molecule has 92 valence electrons. The Hall–Kier alpha value is -2.08. The van der Waals surface area contributed by atoms with Crippen molar-refractivity contribution in [3.05, 3.63) is 10.4 Å². The van der Waals surface area contributed by atoms with Crippen LogP contribution < -0.4 is 10.6 Å². The summed E-state index contributed by atoms with van der Waals surface area (Å²) in [5, 5.41) is 9.42. The van der Waals surface area contributed by atoms with E-state index in [9.17, 15) is 0 Å². The molecule has 1 aromatic heterocycles. The lowest BCUT2D eigenvalue weighted by Crippen LogP contribution is -2.27. The lowest BCUT2D eigenvalue weighted by molar-refractivity contribution is 0.625. The first-order chi connectivity index (χ1) is 7.94. The zero-order chi connectivity index (χ0) is 12.9. The van der Waals surface area contributed by atoms with Gasteiger partial charge in [0.25, 0.3) is 0 Å². The normalized spacial score (nSPS) is 10.6. The molecule has 0 amide bonds. The molecule has 0 fully saturated rings. The summed E-state index contributed by atoms with van der Waals surface area (Å²) in [4.78, 5) is 14.8. The Balaban J connectivity index is 3.07. The maximum atomic E-state index is 8.38. The average Bonchev–Trinajstić information content (AvgIpc) is 2.15. The largest absolute Gasteiger partial charge is 0.354 e. The van der Waals surface area contributed by atoms with Gasteiger partial charge in [0.2, 0.25) is 17.8 Å². The van der Waals surface area contributed by atoms with Crippen LogP contribution in [0.25, 0.3) is 10.4 Å². The van der Waals surface area contributed by atoms with Crippen LogP contribution in [0.15, 0.2) is 5.11 Å². The van der Waals surface area contributed by atoms with Gasteiger partial charge in [-0.05, 0) is 38.3 Å². The number of nitrogens with zero attached hydrogens (tertiary/aromatic N) is 6. The van der Waals surface area contributed by atoms with Crippen LogP contribution in [0.1, 0.15) is 27.7 Å². The molecule has 1 heterocycles. The average molecular weight is 236 g/mol. The van der Waals surface area contributed by atoms with Crippen molar-refractivity contribution in [2.24, 2.45) is 5.11 Å². The van der Waals surface area contributed by atoms with E-state index in [1.807, 2.05) is 27.7 Å². The van der Waals surface area contributed by atoms with Gasteiger partial charge in [-0.15, -0.1) is 0 Å². The van der Waals surface area contributed by atoms with Crippen molar-refractivity contribution in [3.63, 3.8) is 0 Å². The molecule has 0 bridgehead atoms. The number of hydrogen-bond donors (Lipinski definition) is 2. The van der Waals surface area contributed by atoms with Gasteiger partial charge in [-0.25, -0.2) is 0 Å². The van der Waals surface area contributed by atoms with Gasteiger partial charge in [-0.1, -0.05) is 0 Å². The lowest BCUT2D eigenvalue weighted by atomic mass is 10.1.